The zero-order valence-corrected chi connectivity index (χ0v) is 13.9. The highest BCUT2D eigenvalue weighted by atomic mass is 16.5. The summed E-state index contributed by atoms with van der Waals surface area (Å²) in [7, 11) is 0. The van der Waals surface area contributed by atoms with Crippen LogP contribution in [0.2, 0.25) is 0 Å². The first-order valence-corrected chi connectivity index (χ1v) is 7.89. The summed E-state index contributed by atoms with van der Waals surface area (Å²) < 4.78 is 10.7. The minimum absolute atomic E-state index is 0.142. The maximum atomic E-state index is 12.6. The molecule has 0 aliphatic carbocycles. The van der Waals surface area contributed by atoms with E-state index in [4.69, 9.17) is 9.47 Å². The van der Waals surface area contributed by atoms with E-state index in [2.05, 4.69) is 0 Å². The Hall–Kier alpha value is -2.82. The number of hydrogen-bond donors (Lipinski definition) is 0. The minimum atomic E-state index is -0.565. The fourth-order valence-corrected chi connectivity index (χ4v) is 2.67. The zero-order valence-electron chi connectivity index (χ0n) is 13.9. The molecule has 2 aromatic carbocycles. The van der Waals surface area contributed by atoms with Crippen LogP contribution >= 0.6 is 0 Å². The summed E-state index contributed by atoms with van der Waals surface area (Å²) in [5, 5.41) is 0. The van der Waals surface area contributed by atoms with E-state index in [9.17, 15) is 9.59 Å². The molecule has 1 heterocycles. The van der Waals surface area contributed by atoms with E-state index in [1.807, 2.05) is 25.1 Å². The molecule has 0 saturated heterocycles. The second-order valence-corrected chi connectivity index (χ2v) is 5.67. The average Bonchev–Trinajstić information content (AvgIpc) is 2.57. The predicted octanol–water partition coefficient (Wildman–Crippen LogP) is 3.62. The molecule has 0 saturated carbocycles. The lowest BCUT2D eigenvalue weighted by Crippen LogP contribution is -2.41. The standard InChI is InChI=1S/C19H19NO4/c1-4-23-19(22)14-6-8-15(9-7-14)20-16-11-12(2)5-10-17(16)24-13(3)18(20)21/h5-11,13H,4H2,1-3H3. The third-order valence-corrected chi connectivity index (χ3v) is 3.86. The maximum Gasteiger partial charge on any atom is 0.338 e. The predicted molar refractivity (Wildman–Crippen MR) is 90.8 cm³/mol. The van der Waals surface area contributed by atoms with Crippen molar-refractivity contribution in [3.05, 3.63) is 53.6 Å². The van der Waals surface area contributed by atoms with Gasteiger partial charge in [0.25, 0.3) is 5.91 Å². The number of ether oxygens (including phenoxy) is 2. The molecule has 0 aromatic heterocycles. The Morgan fingerprint density at radius 1 is 1.21 bits per heavy atom. The van der Waals surface area contributed by atoms with E-state index in [0.29, 0.717) is 29.3 Å². The Morgan fingerprint density at radius 2 is 1.92 bits per heavy atom. The maximum absolute atomic E-state index is 12.6. The molecule has 5 nitrogen and oxygen atoms in total. The van der Waals surface area contributed by atoms with Crippen LogP contribution in [0, 0.1) is 6.92 Å². The second kappa shape index (κ2) is 6.35. The smallest absolute Gasteiger partial charge is 0.338 e. The third kappa shape index (κ3) is 2.85. The van der Waals surface area contributed by atoms with E-state index in [0.717, 1.165) is 5.56 Å². The summed E-state index contributed by atoms with van der Waals surface area (Å²) in [6.07, 6.45) is -0.565. The molecule has 3 rings (SSSR count). The molecule has 0 bridgehead atoms. The van der Waals surface area contributed by atoms with Crippen molar-refractivity contribution in [1.29, 1.82) is 0 Å². The SMILES string of the molecule is CCOC(=O)c1ccc(N2C(=O)C(C)Oc3ccc(C)cc32)cc1. The first kappa shape index (κ1) is 16.1. The summed E-state index contributed by atoms with van der Waals surface area (Å²) in [4.78, 5) is 26.0. The molecule has 1 aliphatic rings. The number of benzene rings is 2. The number of fused-ring (bicyclic) bond motifs is 1. The molecule has 1 aliphatic heterocycles. The number of aryl methyl sites for hydroxylation is 1. The number of anilines is 2. The number of nitrogens with zero attached hydrogens (tertiary/aromatic N) is 1. The van der Waals surface area contributed by atoms with Gasteiger partial charge in [-0.05, 0) is 62.7 Å². The summed E-state index contributed by atoms with van der Waals surface area (Å²) in [6, 6.07) is 12.5. The van der Waals surface area contributed by atoms with E-state index >= 15 is 0 Å². The van der Waals surface area contributed by atoms with Crippen molar-refractivity contribution in [2.24, 2.45) is 0 Å². The summed E-state index contributed by atoms with van der Waals surface area (Å²) in [6.45, 7) is 5.78. The third-order valence-electron chi connectivity index (χ3n) is 3.86. The molecular weight excluding hydrogens is 306 g/mol. The van der Waals surface area contributed by atoms with Gasteiger partial charge >= 0.3 is 5.97 Å². The van der Waals surface area contributed by atoms with Gasteiger partial charge in [0.15, 0.2) is 6.10 Å². The van der Waals surface area contributed by atoms with E-state index in [-0.39, 0.29) is 11.9 Å². The van der Waals surface area contributed by atoms with Crippen molar-refractivity contribution in [1.82, 2.24) is 0 Å². The van der Waals surface area contributed by atoms with Crippen LogP contribution in [-0.4, -0.2) is 24.6 Å². The lowest BCUT2D eigenvalue weighted by Gasteiger charge is -2.33. The first-order valence-electron chi connectivity index (χ1n) is 7.89. The van der Waals surface area contributed by atoms with E-state index < -0.39 is 6.10 Å². The molecule has 1 amide bonds. The van der Waals surface area contributed by atoms with Crippen LogP contribution in [0.4, 0.5) is 11.4 Å². The van der Waals surface area contributed by atoms with Gasteiger partial charge in [-0.1, -0.05) is 6.07 Å². The van der Waals surface area contributed by atoms with Crippen molar-refractivity contribution < 1.29 is 19.1 Å². The Bertz CT molecular complexity index is 782. The van der Waals surface area contributed by atoms with Crippen LogP contribution in [0.1, 0.15) is 29.8 Å². The lowest BCUT2D eigenvalue weighted by molar-refractivity contribution is -0.124. The number of carbonyl (C=O) groups is 2. The number of rotatable bonds is 3. The van der Waals surface area contributed by atoms with E-state index in [1.165, 1.54) is 0 Å². The van der Waals surface area contributed by atoms with Gasteiger partial charge in [0.1, 0.15) is 5.75 Å². The molecule has 1 atom stereocenters. The molecule has 2 aromatic rings. The lowest BCUT2D eigenvalue weighted by atomic mass is 10.1. The van der Waals surface area contributed by atoms with Crippen LogP contribution in [-0.2, 0) is 9.53 Å². The molecule has 5 heteroatoms. The highest BCUT2D eigenvalue weighted by Gasteiger charge is 2.32. The van der Waals surface area contributed by atoms with Gasteiger partial charge in [-0.15, -0.1) is 0 Å². The van der Waals surface area contributed by atoms with Crippen LogP contribution in [0.5, 0.6) is 5.75 Å². The molecule has 0 radical (unpaired) electrons. The fraction of sp³-hybridized carbons (Fsp3) is 0.263. The average molecular weight is 325 g/mol. The molecule has 0 spiro atoms. The molecule has 0 N–H and O–H groups in total. The van der Waals surface area contributed by atoms with Gasteiger partial charge in [-0.2, -0.15) is 0 Å². The number of esters is 1. The number of carbonyl (C=O) groups excluding carboxylic acids is 2. The van der Waals surface area contributed by atoms with Gasteiger partial charge in [-0.25, -0.2) is 4.79 Å². The number of hydrogen-bond acceptors (Lipinski definition) is 4. The highest BCUT2D eigenvalue weighted by Crippen LogP contribution is 2.39. The van der Waals surface area contributed by atoms with Crippen LogP contribution in [0.15, 0.2) is 42.5 Å². The molecular formula is C19H19NO4. The second-order valence-electron chi connectivity index (χ2n) is 5.67. The largest absolute Gasteiger partial charge is 0.479 e. The van der Waals surface area contributed by atoms with Crippen molar-refractivity contribution >= 4 is 23.3 Å². The summed E-state index contributed by atoms with van der Waals surface area (Å²) in [5.74, 6) is 0.154. The van der Waals surface area contributed by atoms with Gasteiger partial charge in [0, 0.05) is 5.69 Å². The Morgan fingerprint density at radius 3 is 2.58 bits per heavy atom. The van der Waals surface area contributed by atoms with Gasteiger partial charge in [0.2, 0.25) is 0 Å². The highest BCUT2D eigenvalue weighted by molar-refractivity contribution is 6.06. The minimum Gasteiger partial charge on any atom is -0.479 e. The quantitative estimate of drug-likeness (QED) is 0.809. The topological polar surface area (TPSA) is 55.8 Å². The van der Waals surface area contributed by atoms with Crippen molar-refractivity contribution in [2.75, 3.05) is 11.5 Å². The Labute approximate surface area is 140 Å². The molecule has 24 heavy (non-hydrogen) atoms. The van der Waals surface area contributed by atoms with Crippen molar-refractivity contribution in [3.63, 3.8) is 0 Å². The first-order chi connectivity index (χ1) is 11.5. The monoisotopic (exact) mass is 325 g/mol. The van der Waals surface area contributed by atoms with Crippen LogP contribution < -0.4 is 9.64 Å². The van der Waals surface area contributed by atoms with Gasteiger partial charge in [0.05, 0.1) is 17.9 Å². The Kier molecular flexibility index (Phi) is 4.25. The Balaban J connectivity index is 2.00. The zero-order chi connectivity index (χ0) is 17.3. The van der Waals surface area contributed by atoms with Crippen LogP contribution in [0.25, 0.3) is 0 Å². The van der Waals surface area contributed by atoms with Gasteiger partial charge < -0.3 is 9.47 Å². The van der Waals surface area contributed by atoms with Crippen molar-refractivity contribution in [2.45, 2.75) is 26.9 Å². The molecule has 0 fully saturated rings. The van der Waals surface area contributed by atoms with E-state index in [1.54, 1.807) is 43.0 Å². The fourth-order valence-electron chi connectivity index (χ4n) is 2.67. The summed E-state index contributed by atoms with van der Waals surface area (Å²) in [5.41, 5.74) is 2.89. The summed E-state index contributed by atoms with van der Waals surface area (Å²) >= 11 is 0. The van der Waals surface area contributed by atoms with Crippen LogP contribution in [0.3, 0.4) is 0 Å². The van der Waals surface area contributed by atoms with Gasteiger partial charge in [-0.3, -0.25) is 9.69 Å². The van der Waals surface area contributed by atoms with Crippen molar-refractivity contribution in [3.8, 4) is 5.75 Å². The number of amides is 1. The molecule has 1 unspecified atom stereocenters. The molecule has 124 valence electrons. The normalized spacial score (nSPS) is 16.4.